The van der Waals surface area contributed by atoms with E-state index in [1.807, 2.05) is 6.08 Å². The Labute approximate surface area is 76.8 Å². The molecule has 0 aliphatic carbocycles. The van der Waals surface area contributed by atoms with Crippen molar-refractivity contribution < 1.29 is 4.74 Å². The maximum atomic E-state index is 6.26. The lowest BCUT2D eigenvalue weighted by atomic mass is 10.2. The minimum absolute atomic E-state index is 0.163. The second kappa shape index (κ2) is 4.21. The van der Waals surface area contributed by atoms with Crippen LogP contribution in [0.4, 0.5) is 0 Å². The predicted molar refractivity (Wildman–Crippen MR) is 57.0 cm³/mol. The summed E-state index contributed by atoms with van der Waals surface area (Å²) in [5.41, 5.74) is 6.26. The van der Waals surface area contributed by atoms with E-state index in [0.29, 0.717) is 6.61 Å². The highest BCUT2D eigenvalue weighted by atomic mass is 28.3. The van der Waals surface area contributed by atoms with E-state index in [9.17, 15) is 0 Å². The van der Waals surface area contributed by atoms with Gasteiger partial charge in [-0.3, -0.25) is 0 Å². The van der Waals surface area contributed by atoms with Crippen molar-refractivity contribution in [2.45, 2.75) is 31.2 Å². The first-order valence-electron chi connectivity index (χ1n) is 4.26. The van der Waals surface area contributed by atoms with Gasteiger partial charge in [-0.05, 0) is 6.42 Å². The first-order chi connectivity index (χ1) is 5.37. The van der Waals surface area contributed by atoms with E-state index in [2.05, 4.69) is 26.2 Å². The van der Waals surface area contributed by atoms with Crippen LogP contribution >= 0.6 is 0 Å². The third-order valence-electron chi connectivity index (χ3n) is 2.40. The summed E-state index contributed by atoms with van der Waals surface area (Å²) in [6.07, 6.45) is 2.73. The molecule has 1 unspecified atom stereocenters. The lowest BCUT2D eigenvalue weighted by molar-refractivity contribution is 0.163. The van der Waals surface area contributed by atoms with Gasteiger partial charge >= 0.3 is 0 Å². The Bertz CT molecular complexity index is 153. The predicted octanol–water partition coefficient (Wildman–Crippen LogP) is 1.78. The molecule has 0 bridgehead atoms. The molecule has 0 rings (SSSR count). The quantitative estimate of drug-likeness (QED) is 0.526. The SMILES string of the molecule is C=CCC(N)(COC)[Si](C)(C)C. The van der Waals surface area contributed by atoms with Gasteiger partial charge in [0.15, 0.2) is 0 Å². The zero-order chi connectivity index (χ0) is 9.83. The maximum absolute atomic E-state index is 6.26. The van der Waals surface area contributed by atoms with Crippen LogP contribution in [0.2, 0.25) is 19.6 Å². The highest BCUT2D eigenvalue weighted by molar-refractivity contribution is 6.79. The average Bonchev–Trinajstić information content (AvgIpc) is 1.86. The van der Waals surface area contributed by atoms with Crippen molar-refractivity contribution in [3.8, 4) is 0 Å². The molecule has 0 radical (unpaired) electrons. The van der Waals surface area contributed by atoms with Crippen LogP contribution in [0, 0.1) is 0 Å². The Morgan fingerprint density at radius 2 is 2.00 bits per heavy atom. The normalized spacial score (nSPS) is 17.1. The summed E-state index contributed by atoms with van der Waals surface area (Å²) in [6.45, 7) is 11.1. The molecule has 0 aromatic carbocycles. The van der Waals surface area contributed by atoms with Gasteiger partial charge in [0.05, 0.1) is 14.7 Å². The van der Waals surface area contributed by atoms with Crippen molar-refractivity contribution in [2.75, 3.05) is 13.7 Å². The van der Waals surface area contributed by atoms with Gasteiger partial charge in [0, 0.05) is 12.3 Å². The number of hydrogen-bond donors (Lipinski definition) is 1. The van der Waals surface area contributed by atoms with Crippen LogP contribution in [0.5, 0.6) is 0 Å². The molecule has 0 aromatic rings. The van der Waals surface area contributed by atoms with Crippen molar-refractivity contribution in [1.29, 1.82) is 0 Å². The lowest BCUT2D eigenvalue weighted by Crippen LogP contribution is -2.62. The fourth-order valence-corrected chi connectivity index (χ4v) is 2.43. The molecule has 0 spiro atoms. The molecular formula is C9H21NOSi. The Morgan fingerprint density at radius 1 is 1.50 bits per heavy atom. The Balaban J connectivity index is 4.48. The van der Waals surface area contributed by atoms with E-state index < -0.39 is 8.07 Å². The molecule has 0 aliphatic heterocycles. The molecule has 1 atom stereocenters. The fraction of sp³-hybridized carbons (Fsp3) is 0.778. The van der Waals surface area contributed by atoms with Crippen LogP contribution in [0.1, 0.15) is 6.42 Å². The van der Waals surface area contributed by atoms with Crippen LogP contribution in [0.25, 0.3) is 0 Å². The first kappa shape index (κ1) is 11.9. The van der Waals surface area contributed by atoms with Crippen LogP contribution < -0.4 is 5.73 Å². The number of ether oxygens (including phenoxy) is 1. The Kier molecular flexibility index (Phi) is 4.17. The van der Waals surface area contributed by atoms with Gasteiger partial charge in [-0.2, -0.15) is 0 Å². The molecule has 12 heavy (non-hydrogen) atoms. The zero-order valence-corrected chi connectivity index (χ0v) is 9.68. The van der Waals surface area contributed by atoms with Crippen LogP contribution in [0.3, 0.4) is 0 Å². The van der Waals surface area contributed by atoms with E-state index in [1.165, 1.54) is 0 Å². The van der Waals surface area contributed by atoms with Crippen molar-refractivity contribution >= 4 is 8.07 Å². The molecule has 2 nitrogen and oxygen atoms in total. The van der Waals surface area contributed by atoms with Crippen molar-refractivity contribution in [1.82, 2.24) is 0 Å². The summed E-state index contributed by atoms with van der Waals surface area (Å²) in [5.74, 6) is 0. The molecule has 0 amide bonds. The van der Waals surface area contributed by atoms with Crippen molar-refractivity contribution in [3.63, 3.8) is 0 Å². The summed E-state index contributed by atoms with van der Waals surface area (Å²) < 4.78 is 5.15. The van der Waals surface area contributed by atoms with E-state index in [1.54, 1.807) is 7.11 Å². The lowest BCUT2D eigenvalue weighted by Gasteiger charge is -2.39. The molecule has 2 N–H and O–H groups in total. The van der Waals surface area contributed by atoms with Gasteiger partial charge in [-0.25, -0.2) is 0 Å². The molecular weight excluding hydrogens is 166 g/mol. The smallest absolute Gasteiger partial charge is 0.0705 e. The van der Waals surface area contributed by atoms with Crippen LogP contribution in [0.15, 0.2) is 12.7 Å². The standard InChI is InChI=1S/C9H21NOSi/c1-6-7-9(10,8-11-2)12(3,4)5/h6H,1,7-8,10H2,2-5H3. The summed E-state index contributed by atoms with van der Waals surface area (Å²) in [4.78, 5) is 0. The van der Waals surface area contributed by atoms with Crippen LogP contribution in [-0.2, 0) is 4.74 Å². The molecule has 72 valence electrons. The third-order valence-corrected chi connectivity index (χ3v) is 5.74. The number of rotatable bonds is 5. The van der Waals surface area contributed by atoms with Gasteiger partial charge in [0.2, 0.25) is 0 Å². The second-order valence-corrected chi connectivity index (χ2v) is 9.83. The zero-order valence-electron chi connectivity index (χ0n) is 8.68. The first-order valence-corrected chi connectivity index (χ1v) is 7.76. The molecule has 3 heteroatoms. The molecule has 0 aliphatic rings. The average molecular weight is 187 g/mol. The topological polar surface area (TPSA) is 35.2 Å². The Morgan fingerprint density at radius 3 is 2.25 bits per heavy atom. The van der Waals surface area contributed by atoms with E-state index in [0.717, 1.165) is 6.42 Å². The highest BCUT2D eigenvalue weighted by Crippen LogP contribution is 2.22. The van der Waals surface area contributed by atoms with E-state index >= 15 is 0 Å². The van der Waals surface area contributed by atoms with Gasteiger partial charge in [-0.15, -0.1) is 6.58 Å². The van der Waals surface area contributed by atoms with Crippen molar-refractivity contribution in [3.05, 3.63) is 12.7 Å². The largest absolute Gasteiger partial charge is 0.383 e. The minimum Gasteiger partial charge on any atom is -0.383 e. The van der Waals surface area contributed by atoms with Crippen LogP contribution in [-0.4, -0.2) is 27.0 Å². The summed E-state index contributed by atoms with van der Waals surface area (Å²) in [7, 11) is 0.328. The molecule has 0 aromatic heterocycles. The van der Waals surface area contributed by atoms with E-state index in [-0.39, 0.29) is 5.16 Å². The molecule has 0 heterocycles. The van der Waals surface area contributed by atoms with Gasteiger partial charge in [0.1, 0.15) is 0 Å². The summed E-state index contributed by atoms with van der Waals surface area (Å²) in [6, 6.07) is 0. The number of nitrogens with two attached hydrogens (primary N) is 1. The minimum atomic E-state index is -1.37. The summed E-state index contributed by atoms with van der Waals surface area (Å²) in [5, 5.41) is -0.163. The molecule has 0 saturated carbocycles. The number of methoxy groups -OCH3 is 1. The summed E-state index contributed by atoms with van der Waals surface area (Å²) >= 11 is 0. The monoisotopic (exact) mass is 187 g/mol. The van der Waals surface area contributed by atoms with Gasteiger partial charge in [0.25, 0.3) is 0 Å². The number of hydrogen-bond acceptors (Lipinski definition) is 2. The molecule has 0 fully saturated rings. The highest BCUT2D eigenvalue weighted by Gasteiger charge is 2.38. The third kappa shape index (κ3) is 2.73. The van der Waals surface area contributed by atoms with Crippen molar-refractivity contribution in [2.24, 2.45) is 5.73 Å². The van der Waals surface area contributed by atoms with Gasteiger partial charge in [-0.1, -0.05) is 25.7 Å². The van der Waals surface area contributed by atoms with E-state index in [4.69, 9.17) is 10.5 Å². The maximum Gasteiger partial charge on any atom is 0.0705 e. The fourth-order valence-electron chi connectivity index (χ4n) is 1.10. The Hall–Kier alpha value is -0.123. The van der Waals surface area contributed by atoms with Gasteiger partial charge < -0.3 is 10.5 Å². The molecule has 0 saturated heterocycles. The second-order valence-electron chi connectivity index (χ2n) is 4.33.